The summed E-state index contributed by atoms with van der Waals surface area (Å²) in [6.07, 6.45) is 1.53. The van der Waals surface area contributed by atoms with Gasteiger partial charge in [-0.25, -0.2) is 0 Å². The van der Waals surface area contributed by atoms with Crippen molar-refractivity contribution in [1.82, 2.24) is 0 Å². The lowest BCUT2D eigenvalue weighted by Crippen LogP contribution is -2.59. The number of rotatable bonds is 8. The number of benzene rings is 4. The fourth-order valence-electron chi connectivity index (χ4n) is 6.01. The summed E-state index contributed by atoms with van der Waals surface area (Å²) in [5, 5.41) is 22.9. The first kappa shape index (κ1) is 25.0. The van der Waals surface area contributed by atoms with E-state index in [4.69, 9.17) is 9.47 Å². The third-order valence-corrected chi connectivity index (χ3v) is 7.91. The highest BCUT2D eigenvalue weighted by Crippen LogP contribution is 2.65. The Bertz CT molecular complexity index is 1350. The molecule has 8 heteroatoms. The van der Waals surface area contributed by atoms with Gasteiger partial charge in [-0.2, -0.15) is 0 Å². The summed E-state index contributed by atoms with van der Waals surface area (Å²) in [6.45, 7) is 0. The summed E-state index contributed by atoms with van der Waals surface area (Å²) in [4.78, 5) is 22.0. The van der Waals surface area contributed by atoms with Crippen LogP contribution in [0.2, 0.25) is 0 Å². The minimum Gasteiger partial charge on any atom is -0.497 e. The van der Waals surface area contributed by atoms with E-state index in [-0.39, 0.29) is 11.4 Å². The van der Waals surface area contributed by atoms with E-state index in [1.54, 1.807) is 14.2 Å². The quantitative estimate of drug-likeness (QED) is 0.196. The maximum Gasteiger partial charge on any atom is 0.269 e. The molecule has 0 amide bonds. The van der Waals surface area contributed by atoms with Gasteiger partial charge in [-0.1, -0.05) is 48.5 Å². The van der Waals surface area contributed by atoms with Crippen molar-refractivity contribution >= 4 is 11.4 Å². The molecule has 1 fully saturated rings. The van der Waals surface area contributed by atoms with Crippen LogP contribution in [0.5, 0.6) is 11.5 Å². The van der Waals surface area contributed by atoms with E-state index in [2.05, 4.69) is 0 Å². The Kier molecular flexibility index (Phi) is 6.32. The zero-order chi connectivity index (χ0) is 26.9. The van der Waals surface area contributed by atoms with Crippen LogP contribution < -0.4 is 9.47 Å². The van der Waals surface area contributed by atoms with Crippen molar-refractivity contribution in [3.8, 4) is 11.5 Å². The molecule has 0 aliphatic heterocycles. The second-order valence-electron chi connectivity index (χ2n) is 9.38. The van der Waals surface area contributed by atoms with Crippen LogP contribution >= 0.6 is 0 Å². The molecular weight excluding hydrogens is 484 g/mol. The third kappa shape index (κ3) is 3.76. The van der Waals surface area contributed by atoms with E-state index in [1.807, 2.05) is 72.8 Å². The van der Waals surface area contributed by atoms with Crippen LogP contribution in [-0.4, -0.2) is 24.1 Å². The predicted molar refractivity (Wildman–Crippen MR) is 143 cm³/mol. The van der Waals surface area contributed by atoms with Gasteiger partial charge in [-0.05, 0) is 59.4 Å². The van der Waals surface area contributed by atoms with Gasteiger partial charge in [0.1, 0.15) is 11.5 Å². The maximum absolute atomic E-state index is 11.4. The molecule has 0 bridgehead atoms. The minimum atomic E-state index is -0.612. The number of hydrogen-bond acceptors (Lipinski definition) is 6. The average molecular weight is 511 g/mol. The molecular formula is C30H26N2O6. The Hall–Kier alpha value is -4.72. The molecule has 0 radical (unpaired) electrons. The lowest BCUT2D eigenvalue weighted by atomic mass is 9.40. The topological polar surface area (TPSA) is 105 Å². The zero-order valence-electron chi connectivity index (χ0n) is 21.0. The molecule has 0 aromatic heterocycles. The van der Waals surface area contributed by atoms with Crippen molar-refractivity contribution in [3.63, 3.8) is 0 Å². The van der Waals surface area contributed by atoms with Gasteiger partial charge in [0.2, 0.25) is 0 Å². The fraction of sp³-hybridized carbons (Fsp3) is 0.200. The van der Waals surface area contributed by atoms with Crippen molar-refractivity contribution in [2.75, 3.05) is 14.2 Å². The summed E-state index contributed by atoms with van der Waals surface area (Å²) in [7, 11) is 3.23. The lowest BCUT2D eigenvalue weighted by Gasteiger charge is -2.61. The molecule has 1 aliphatic carbocycles. The van der Waals surface area contributed by atoms with Crippen molar-refractivity contribution in [2.24, 2.45) is 0 Å². The van der Waals surface area contributed by atoms with Crippen LogP contribution in [0.3, 0.4) is 0 Å². The van der Waals surface area contributed by atoms with E-state index in [0.717, 1.165) is 46.6 Å². The summed E-state index contributed by atoms with van der Waals surface area (Å²) in [6, 6.07) is 29.2. The van der Waals surface area contributed by atoms with Crippen molar-refractivity contribution < 1.29 is 19.3 Å². The zero-order valence-corrected chi connectivity index (χ0v) is 21.0. The maximum atomic E-state index is 11.4. The van der Waals surface area contributed by atoms with Gasteiger partial charge in [-0.3, -0.25) is 20.2 Å². The van der Waals surface area contributed by atoms with Gasteiger partial charge in [0, 0.05) is 35.1 Å². The van der Waals surface area contributed by atoms with Gasteiger partial charge in [-0.15, -0.1) is 0 Å². The second kappa shape index (κ2) is 9.63. The van der Waals surface area contributed by atoms with E-state index < -0.39 is 20.7 Å². The first-order chi connectivity index (χ1) is 18.4. The molecule has 2 atom stereocenters. The van der Waals surface area contributed by atoms with Gasteiger partial charge >= 0.3 is 0 Å². The summed E-state index contributed by atoms with van der Waals surface area (Å²) < 4.78 is 10.8. The van der Waals surface area contributed by atoms with Crippen LogP contribution in [0.25, 0.3) is 0 Å². The number of nitro benzene ring substituents is 2. The Labute approximate surface area is 219 Å². The standard InChI is InChI=1S/C30H26N2O6/c1-37-27-15-7-23(8-16-27)29(21-3-11-25(12-4-21)31(33)34)19-20-30(29,24-9-17-28(38-2)18-10-24)22-5-13-26(14-6-22)32(35)36/h3-18H,19-20H2,1-2H3. The highest BCUT2D eigenvalue weighted by Gasteiger charge is 2.62. The fourth-order valence-corrected chi connectivity index (χ4v) is 6.01. The van der Waals surface area contributed by atoms with Crippen LogP contribution in [-0.2, 0) is 10.8 Å². The van der Waals surface area contributed by atoms with Gasteiger partial charge in [0.05, 0.1) is 24.1 Å². The normalized spacial score (nSPS) is 20.3. The average Bonchev–Trinajstić information content (AvgIpc) is 2.94. The molecule has 2 unspecified atom stereocenters. The largest absolute Gasteiger partial charge is 0.497 e. The SMILES string of the molecule is COc1ccc(C2(c3ccc([N+](=O)[O-])cc3)CCC2(c2ccc(OC)cc2)c2ccc([N+](=O)[O-])cc2)cc1. The molecule has 0 N–H and O–H groups in total. The molecule has 4 aromatic carbocycles. The molecule has 4 aromatic rings. The van der Waals surface area contributed by atoms with E-state index in [1.165, 1.54) is 24.3 Å². The number of non-ortho nitro benzene ring substituents is 2. The number of nitro groups is 2. The van der Waals surface area contributed by atoms with Gasteiger partial charge in [0.25, 0.3) is 11.4 Å². The lowest BCUT2D eigenvalue weighted by molar-refractivity contribution is -0.385. The summed E-state index contributed by atoms with van der Waals surface area (Å²) in [5.41, 5.74) is 2.70. The van der Waals surface area contributed by atoms with Crippen molar-refractivity contribution in [1.29, 1.82) is 0 Å². The molecule has 0 saturated heterocycles. The number of nitrogens with zero attached hydrogens (tertiary/aromatic N) is 2. The molecule has 0 spiro atoms. The van der Waals surface area contributed by atoms with E-state index in [0.29, 0.717) is 0 Å². The first-order valence-electron chi connectivity index (χ1n) is 12.1. The van der Waals surface area contributed by atoms with E-state index >= 15 is 0 Å². The van der Waals surface area contributed by atoms with Gasteiger partial charge < -0.3 is 9.47 Å². The highest BCUT2D eigenvalue weighted by atomic mass is 16.6. The van der Waals surface area contributed by atoms with Crippen LogP contribution in [0.1, 0.15) is 35.1 Å². The number of ether oxygens (including phenoxy) is 2. The number of hydrogen-bond donors (Lipinski definition) is 0. The molecule has 38 heavy (non-hydrogen) atoms. The first-order valence-corrected chi connectivity index (χ1v) is 12.1. The monoisotopic (exact) mass is 510 g/mol. The van der Waals surface area contributed by atoms with Crippen molar-refractivity contribution in [2.45, 2.75) is 23.7 Å². The highest BCUT2D eigenvalue weighted by molar-refractivity contribution is 5.61. The smallest absolute Gasteiger partial charge is 0.269 e. The molecule has 192 valence electrons. The van der Waals surface area contributed by atoms with Crippen LogP contribution in [0.4, 0.5) is 11.4 Å². The van der Waals surface area contributed by atoms with Crippen LogP contribution in [0.15, 0.2) is 97.1 Å². The van der Waals surface area contributed by atoms with Gasteiger partial charge in [0.15, 0.2) is 0 Å². The third-order valence-electron chi connectivity index (χ3n) is 7.91. The summed E-state index contributed by atoms with van der Waals surface area (Å²) in [5.74, 6) is 1.44. The minimum absolute atomic E-state index is 0.0170. The Balaban J connectivity index is 1.81. The van der Waals surface area contributed by atoms with E-state index in [9.17, 15) is 20.2 Å². The molecule has 1 aliphatic rings. The molecule has 8 nitrogen and oxygen atoms in total. The molecule has 1 saturated carbocycles. The summed E-state index contributed by atoms with van der Waals surface area (Å²) >= 11 is 0. The molecule has 0 heterocycles. The van der Waals surface area contributed by atoms with Crippen LogP contribution in [0, 0.1) is 20.2 Å². The second-order valence-corrected chi connectivity index (χ2v) is 9.38. The Morgan fingerprint density at radius 1 is 0.526 bits per heavy atom. The van der Waals surface area contributed by atoms with Crippen molar-refractivity contribution in [3.05, 3.63) is 140 Å². The number of methoxy groups -OCH3 is 2. The molecule has 5 rings (SSSR count). The predicted octanol–water partition coefficient (Wildman–Crippen LogP) is 6.59. The Morgan fingerprint density at radius 2 is 0.789 bits per heavy atom. The Morgan fingerprint density at radius 3 is 1.00 bits per heavy atom.